The fraction of sp³-hybridized carbons (Fsp3) is 0.333. The molecule has 1 fully saturated rings. The van der Waals surface area contributed by atoms with Crippen molar-refractivity contribution in [3.8, 4) is 5.75 Å². The molecule has 1 unspecified atom stereocenters. The molecule has 1 saturated heterocycles. The lowest BCUT2D eigenvalue weighted by atomic mass is 10.2. The summed E-state index contributed by atoms with van der Waals surface area (Å²) < 4.78 is 30.0. The molecule has 2 amide bonds. The van der Waals surface area contributed by atoms with Crippen LogP contribution < -0.4 is 19.3 Å². The average molecular weight is 432 g/mol. The molecule has 0 aliphatic carbocycles. The van der Waals surface area contributed by atoms with E-state index in [1.165, 1.54) is 7.05 Å². The number of nitrogens with zero attached hydrogens (tertiary/aromatic N) is 2. The summed E-state index contributed by atoms with van der Waals surface area (Å²) in [6.07, 6.45) is 1.72. The largest absolute Gasteiger partial charge is 0.481 e. The van der Waals surface area contributed by atoms with E-state index in [1.807, 2.05) is 6.07 Å². The summed E-state index contributed by atoms with van der Waals surface area (Å²) in [5, 5.41) is 2.80. The van der Waals surface area contributed by atoms with Crippen LogP contribution in [0.15, 0.2) is 48.5 Å². The second-order valence-corrected chi connectivity index (χ2v) is 9.19. The van der Waals surface area contributed by atoms with Gasteiger partial charge in [-0.3, -0.25) is 13.9 Å². The van der Waals surface area contributed by atoms with E-state index in [0.717, 1.165) is 22.7 Å². The van der Waals surface area contributed by atoms with Gasteiger partial charge in [0, 0.05) is 31.4 Å². The van der Waals surface area contributed by atoms with Crippen LogP contribution in [0.4, 0.5) is 17.1 Å². The van der Waals surface area contributed by atoms with Crippen molar-refractivity contribution in [1.82, 2.24) is 0 Å². The summed E-state index contributed by atoms with van der Waals surface area (Å²) in [6, 6.07) is 13.6. The molecule has 1 N–H and O–H groups in total. The Morgan fingerprint density at radius 2 is 1.90 bits per heavy atom. The maximum Gasteiger partial charge on any atom is 0.265 e. The minimum absolute atomic E-state index is 0.0835. The highest BCUT2D eigenvalue weighted by molar-refractivity contribution is 7.92. The first-order valence-corrected chi connectivity index (χ1v) is 11.4. The number of nitrogens with one attached hydrogen (secondary N) is 1. The van der Waals surface area contributed by atoms with E-state index < -0.39 is 16.1 Å². The lowest BCUT2D eigenvalue weighted by Crippen LogP contribution is -2.30. The molecule has 1 aliphatic heterocycles. The highest BCUT2D eigenvalue weighted by atomic mass is 32.2. The molecule has 8 nitrogen and oxygen atoms in total. The number of hydrogen-bond donors (Lipinski definition) is 1. The molecular formula is C21H25N3O5S. The van der Waals surface area contributed by atoms with Crippen LogP contribution in [0.3, 0.4) is 0 Å². The van der Waals surface area contributed by atoms with Gasteiger partial charge < -0.3 is 15.0 Å². The van der Waals surface area contributed by atoms with Gasteiger partial charge in [-0.15, -0.1) is 0 Å². The standard InChI is InChI=1S/C21H25N3O5S/c1-15(29-19-11-9-17(10-12-19)23(2)30(3,27)28)21(26)22-16-6-4-7-18(14-16)24-13-5-8-20(24)25/h4,6-7,9-12,14-15H,5,8,13H2,1-3H3,(H,22,26). The van der Waals surface area contributed by atoms with E-state index in [1.54, 1.807) is 54.3 Å². The van der Waals surface area contributed by atoms with Gasteiger partial charge >= 0.3 is 0 Å². The van der Waals surface area contributed by atoms with Crippen molar-refractivity contribution in [3.63, 3.8) is 0 Å². The second kappa shape index (κ2) is 8.74. The molecule has 1 aliphatic rings. The number of ether oxygens (including phenoxy) is 1. The van der Waals surface area contributed by atoms with Crippen molar-refractivity contribution in [1.29, 1.82) is 0 Å². The second-order valence-electron chi connectivity index (χ2n) is 7.17. The number of benzene rings is 2. The summed E-state index contributed by atoms with van der Waals surface area (Å²) in [5.74, 6) is 0.192. The average Bonchev–Trinajstić information content (AvgIpc) is 3.13. The summed E-state index contributed by atoms with van der Waals surface area (Å²) in [7, 11) is -1.89. The van der Waals surface area contributed by atoms with Gasteiger partial charge in [0.15, 0.2) is 6.10 Å². The maximum absolute atomic E-state index is 12.5. The van der Waals surface area contributed by atoms with E-state index >= 15 is 0 Å². The van der Waals surface area contributed by atoms with E-state index in [4.69, 9.17) is 4.74 Å². The number of sulfonamides is 1. The van der Waals surface area contributed by atoms with Crippen molar-refractivity contribution in [2.24, 2.45) is 0 Å². The zero-order valence-electron chi connectivity index (χ0n) is 17.2. The Bertz CT molecular complexity index is 1040. The molecule has 0 aromatic heterocycles. The van der Waals surface area contributed by atoms with Crippen molar-refractivity contribution in [2.75, 3.05) is 34.4 Å². The quantitative estimate of drug-likeness (QED) is 0.727. The van der Waals surface area contributed by atoms with E-state index in [9.17, 15) is 18.0 Å². The normalized spacial score (nSPS) is 15.0. The van der Waals surface area contributed by atoms with Crippen LogP contribution in [0.2, 0.25) is 0 Å². The Balaban J connectivity index is 1.62. The summed E-state index contributed by atoms with van der Waals surface area (Å²) in [4.78, 5) is 26.2. The van der Waals surface area contributed by atoms with Gasteiger partial charge in [-0.1, -0.05) is 6.07 Å². The molecule has 0 saturated carbocycles. The lowest BCUT2D eigenvalue weighted by Gasteiger charge is -2.19. The lowest BCUT2D eigenvalue weighted by molar-refractivity contribution is -0.122. The van der Waals surface area contributed by atoms with E-state index in [2.05, 4.69) is 5.32 Å². The Morgan fingerprint density at radius 1 is 1.20 bits per heavy atom. The smallest absolute Gasteiger partial charge is 0.265 e. The number of carbonyl (C=O) groups excluding carboxylic acids is 2. The third-order valence-corrected chi connectivity index (χ3v) is 6.08. The third-order valence-electron chi connectivity index (χ3n) is 4.88. The molecule has 0 spiro atoms. The molecule has 1 atom stereocenters. The molecule has 30 heavy (non-hydrogen) atoms. The fourth-order valence-electron chi connectivity index (χ4n) is 3.10. The van der Waals surface area contributed by atoms with Crippen molar-refractivity contribution >= 4 is 38.9 Å². The van der Waals surface area contributed by atoms with Crippen LogP contribution in [0.25, 0.3) is 0 Å². The van der Waals surface area contributed by atoms with Gasteiger partial charge in [0.25, 0.3) is 5.91 Å². The molecular weight excluding hydrogens is 406 g/mol. The maximum atomic E-state index is 12.5. The molecule has 0 radical (unpaired) electrons. The van der Waals surface area contributed by atoms with Gasteiger partial charge in [-0.2, -0.15) is 0 Å². The molecule has 2 aromatic rings. The molecule has 3 rings (SSSR count). The number of carbonyl (C=O) groups is 2. The Hall–Kier alpha value is -3.07. The van der Waals surface area contributed by atoms with Gasteiger partial charge in [0.05, 0.1) is 11.9 Å². The van der Waals surface area contributed by atoms with Crippen LogP contribution in [0, 0.1) is 0 Å². The first kappa shape index (κ1) is 21.6. The Labute approximate surface area is 176 Å². The molecule has 0 bridgehead atoms. The summed E-state index contributed by atoms with van der Waals surface area (Å²) in [6.45, 7) is 2.31. The van der Waals surface area contributed by atoms with Crippen LogP contribution in [-0.4, -0.2) is 46.2 Å². The van der Waals surface area contributed by atoms with Crippen LogP contribution in [0.1, 0.15) is 19.8 Å². The minimum Gasteiger partial charge on any atom is -0.481 e. The SMILES string of the molecule is CC(Oc1ccc(N(C)S(C)(=O)=O)cc1)C(=O)Nc1cccc(N2CCCC2=O)c1. The van der Waals surface area contributed by atoms with Gasteiger partial charge in [0.1, 0.15) is 5.75 Å². The number of rotatable bonds is 7. The Morgan fingerprint density at radius 3 is 2.50 bits per heavy atom. The molecule has 9 heteroatoms. The van der Waals surface area contributed by atoms with Gasteiger partial charge in [0.2, 0.25) is 15.9 Å². The van der Waals surface area contributed by atoms with Gasteiger partial charge in [-0.25, -0.2) is 8.42 Å². The van der Waals surface area contributed by atoms with Crippen LogP contribution >= 0.6 is 0 Å². The monoisotopic (exact) mass is 431 g/mol. The zero-order chi connectivity index (χ0) is 21.9. The fourth-order valence-corrected chi connectivity index (χ4v) is 3.61. The van der Waals surface area contributed by atoms with E-state index in [0.29, 0.717) is 30.1 Å². The predicted octanol–water partition coefficient (Wildman–Crippen LogP) is 2.62. The molecule has 2 aromatic carbocycles. The topological polar surface area (TPSA) is 96.0 Å². The summed E-state index contributed by atoms with van der Waals surface area (Å²) >= 11 is 0. The third kappa shape index (κ3) is 5.10. The number of amides is 2. The number of hydrogen-bond acceptors (Lipinski definition) is 5. The highest BCUT2D eigenvalue weighted by Gasteiger charge is 2.22. The minimum atomic E-state index is -3.35. The first-order chi connectivity index (χ1) is 14.1. The summed E-state index contributed by atoms with van der Waals surface area (Å²) in [5.41, 5.74) is 1.84. The number of anilines is 3. The zero-order valence-corrected chi connectivity index (χ0v) is 18.0. The van der Waals surface area contributed by atoms with Crippen molar-refractivity contribution in [3.05, 3.63) is 48.5 Å². The predicted molar refractivity (Wildman–Crippen MR) is 116 cm³/mol. The van der Waals surface area contributed by atoms with Crippen molar-refractivity contribution < 1.29 is 22.7 Å². The van der Waals surface area contributed by atoms with E-state index in [-0.39, 0.29) is 11.8 Å². The first-order valence-electron chi connectivity index (χ1n) is 9.57. The molecule has 160 valence electrons. The van der Waals surface area contributed by atoms with Crippen molar-refractivity contribution in [2.45, 2.75) is 25.9 Å². The highest BCUT2D eigenvalue weighted by Crippen LogP contribution is 2.25. The van der Waals surface area contributed by atoms with Crippen LogP contribution in [0.5, 0.6) is 5.75 Å². The molecule has 1 heterocycles. The van der Waals surface area contributed by atoms with Gasteiger partial charge in [-0.05, 0) is 55.8 Å². The van der Waals surface area contributed by atoms with Crippen LogP contribution in [-0.2, 0) is 19.6 Å². The Kier molecular flexibility index (Phi) is 6.31.